The third-order valence-corrected chi connectivity index (χ3v) is 2.26. The van der Waals surface area contributed by atoms with Crippen molar-refractivity contribution in [3.63, 3.8) is 0 Å². The van der Waals surface area contributed by atoms with E-state index < -0.39 is 6.17 Å². The van der Waals surface area contributed by atoms with Crippen molar-refractivity contribution in [2.45, 2.75) is 13.1 Å². The molecule has 4 heteroatoms. The zero-order chi connectivity index (χ0) is 9.90. The van der Waals surface area contributed by atoms with E-state index in [1.165, 1.54) is 0 Å². The van der Waals surface area contributed by atoms with Crippen LogP contribution in [0.4, 0.5) is 0 Å². The van der Waals surface area contributed by atoms with Gasteiger partial charge in [-0.1, -0.05) is 6.58 Å². The number of hydrogen-bond acceptors (Lipinski definition) is 3. The van der Waals surface area contributed by atoms with Gasteiger partial charge in [0.25, 0.3) is 6.17 Å². The summed E-state index contributed by atoms with van der Waals surface area (Å²) >= 11 is 0. The minimum absolute atomic E-state index is 0.0164. The SMILES string of the molecule is C=CN1C=C[N+](C#N)(CC)C1C#N. The van der Waals surface area contributed by atoms with Crippen LogP contribution in [0.15, 0.2) is 25.2 Å². The molecule has 0 aromatic heterocycles. The second-order valence-corrected chi connectivity index (χ2v) is 2.78. The lowest BCUT2D eigenvalue weighted by atomic mass is 10.4. The fourth-order valence-corrected chi connectivity index (χ4v) is 1.36. The Morgan fingerprint density at radius 3 is 2.77 bits per heavy atom. The van der Waals surface area contributed by atoms with Crippen molar-refractivity contribution in [3.8, 4) is 12.3 Å². The van der Waals surface area contributed by atoms with Gasteiger partial charge in [-0.15, -0.1) is 5.26 Å². The molecular weight excluding hydrogens is 164 g/mol. The lowest BCUT2D eigenvalue weighted by Gasteiger charge is -2.26. The molecule has 1 aliphatic heterocycles. The maximum atomic E-state index is 8.99. The van der Waals surface area contributed by atoms with Gasteiger partial charge in [0.05, 0.1) is 12.7 Å². The summed E-state index contributed by atoms with van der Waals surface area (Å²) in [6.07, 6.45) is 6.62. The predicted octanol–water partition coefficient (Wildman–Crippen LogP) is 1.08. The topological polar surface area (TPSA) is 50.8 Å². The first-order valence-electron chi connectivity index (χ1n) is 4.02. The molecule has 66 valence electrons. The average molecular weight is 175 g/mol. The molecule has 13 heavy (non-hydrogen) atoms. The first-order valence-corrected chi connectivity index (χ1v) is 4.02. The lowest BCUT2D eigenvalue weighted by Crippen LogP contribution is -2.48. The molecule has 2 unspecified atom stereocenters. The van der Waals surface area contributed by atoms with Crippen molar-refractivity contribution in [1.82, 2.24) is 4.90 Å². The molecule has 0 fully saturated rings. The Balaban J connectivity index is 3.06. The molecule has 0 aromatic carbocycles. The van der Waals surface area contributed by atoms with E-state index >= 15 is 0 Å². The van der Waals surface area contributed by atoms with Gasteiger partial charge in [0.15, 0.2) is 6.07 Å². The molecule has 0 spiro atoms. The van der Waals surface area contributed by atoms with Crippen molar-refractivity contribution in [1.29, 1.82) is 10.5 Å². The molecule has 0 bridgehead atoms. The van der Waals surface area contributed by atoms with Gasteiger partial charge in [0.1, 0.15) is 6.20 Å². The second-order valence-electron chi connectivity index (χ2n) is 2.78. The first kappa shape index (κ1) is 9.31. The molecule has 0 radical (unpaired) electrons. The van der Waals surface area contributed by atoms with Crippen LogP contribution in [0, 0.1) is 22.8 Å². The van der Waals surface area contributed by atoms with Crippen LogP contribution in [0.5, 0.6) is 0 Å². The largest absolute Gasteiger partial charge is 0.316 e. The van der Waals surface area contributed by atoms with Crippen LogP contribution in [0.2, 0.25) is 0 Å². The summed E-state index contributed by atoms with van der Waals surface area (Å²) in [5.74, 6) is 0. The van der Waals surface area contributed by atoms with Crippen LogP contribution in [-0.4, -0.2) is 22.1 Å². The minimum atomic E-state index is -0.493. The van der Waals surface area contributed by atoms with E-state index in [-0.39, 0.29) is 4.48 Å². The molecule has 4 nitrogen and oxygen atoms in total. The van der Waals surface area contributed by atoms with Crippen LogP contribution < -0.4 is 0 Å². The Bertz CT molecular complexity index is 319. The van der Waals surface area contributed by atoms with Gasteiger partial charge in [0.2, 0.25) is 0 Å². The zero-order valence-corrected chi connectivity index (χ0v) is 7.51. The van der Waals surface area contributed by atoms with Crippen LogP contribution in [0.3, 0.4) is 0 Å². The zero-order valence-electron chi connectivity index (χ0n) is 7.51. The number of nitrogens with zero attached hydrogens (tertiary/aromatic N) is 4. The molecule has 1 aliphatic rings. The second kappa shape index (κ2) is 3.30. The minimum Gasteiger partial charge on any atom is -0.287 e. The van der Waals surface area contributed by atoms with Gasteiger partial charge in [0, 0.05) is 6.20 Å². The Hall–Kier alpha value is -1.78. The van der Waals surface area contributed by atoms with Crippen molar-refractivity contribution in [3.05, 3.63) is 25.2 Å². The Morgan fingerprint density at radius 1 is 1.69 bits per heavy atom. The summed E-state index contributed by atoms with van der Waals surface area (Å²) in [6.45, 7) is 6.04. The fourth-order valence-electron chi connectivity index (χ4n) is 1.36. The summed E-state index contributed by atoms with van der Waals surface area (Å²) in [6, 6.07) is 2.10. The van der Waals surface area contributed by atoms with E-state index in [1.54, 1.807) is 23.5 Å². The van der Waals surface area contributed by atoms with E-state index in [0.29, 0.717) is 6.54 Å². The quantitative estimate of drug-likeness (QED) is 0.466. The standard InChI is InChI=1S/C9H11N4/c1-3-12-5-6-13(4-2,8-11)9(12)7-10/h3,5-6,9H,1,4H2,2H3/q+1. The summed E-state index contributed by atoms with van der Waals surface area (Å²) in [4.78, 5) is 1.65. The molecule has 1 rings (SSSR count). The van der Waals surface area contributed by atoms with Crippen molar-refractivity contribution in [2.75, 3.05) is 6.54 Å². The highest BCUT2D eigenvalue weighted by Crippen LogP contribution is 2.24. The van der Waals surface area contributed by atoms with E-state index in [0.717, 1.165) is 0 Å². The maximum absolute atomic E-state index is 8.99. The van der Waals surface area contributed by atoms with Gasteiger partial charge in [-0.05, 0) is 6.92 Å². The van der Waals surface area contributed by atoms with E-state index in [4.69, 9.17) is 10.5 Å². The van der Waals surface area contributed by atoms with Gasteiger partial charge in [-0.2, -0.15) is 9.74 Å². The normalized spacial score (nSPS) is 31.0. The summed E-state index contributed by atoms with van der Waals surface area (Å²) in [5.41, 5.74) is 0. The maximum Gasteiger partial charge on any atom is 0.316 e. The number of nitriles is 2. The first-order chi connectivity index (χ1) is 6.24. The van der Waals surface area contributed by atoms with Crippen molar-refractivity contribution >= 4 is 0 Å². The third kappa shape index (κ3) is 1.18. The Morgan fingerprint density at radius 2 is 2.38 bits per heavy atom. The van der Waals surface area contributed by atoms with Gasteiger partial charge < -0.3 is 0 Å². The lowest BCUT2D eigenvalue weighted by molar-refractivity contribution is -0.832. The monoisotopic (exact) mass is 175 g/mol. The molecular formula is C9H11N4+. The van der Waals surface area contributed by atoms with Crippen LogP contribution in [-0.2, 0) is 0 Å². The van der Waals surface area contributed by atoms with Crippen molar-refractivity contribution < 1.29 is 4.48 Å². The highest BCUT2D eigenvalue weighted by molar-refractivity contribution is 5.04. The van der Waals surface area contributed by atoms with Gasteiger partial charge in [-0.3, -0.25) is 4.90 Å². The number of rotatable bonds is 2. The molecule has 0 amide bonds. The molecule has 0 saturated carbocycles. The van der Waals surface area contributed by atoms with Crippen molar-refractivity contribution in [2.24, 2.45) is 0 Å². The van der Waals surface area contributed by atoms with E-state index in [1.807, 2.05) is 6.92 Å². The molecule has 0 N–H and O–H groups in total. The van der Waals surface area contributed by atoms with Crippen LogP contribution in [0.25, 0.3) is 0 Å². The summed E-state index contributed by atoms with van der Waals surface area (Å²) in [7, 11) is 0. The van der Waals surface area contributed by atoms with E-state index in [2.05, 4.69) is 18.8 Å². The Kier molecular flexibility index (Phi) is 2.36. The summed E-state index contributed by atoms with van der Waals surface area (Å²) in [5, 5.41) is 17.9. The number of quaternary nitrogens is 1. The molecule has 0 saturated heterocycles. The summed E-state index contributed by atoms with van der Waals surface area (Å²) < 4.78 is 0.0164. The van der Waals surface area contributed by atoms with Gasteiger partial charge >= 0.3 is 6.19 Å². The molecule has 1 heterocycles. The predicted molar refractivity (Wildman–Crippen MR) is 47.0 cm³/mol. The average Bonchev–Trinajstić information content (AvgIpc) is 2.55. The number of hydrogen-bond donors (Lipinski definition) is 0. The molecule has 0 aromatic rings. The smallest absolute Gasteiger partial charge is 0.287 e. The van der Waals surface area contributed by atoms with Crippen LogP contribution in [0.1, 0.15) is 6.92 Å². The molecule has 2 atom stereocenters. The highest BCUT2D eigenvalue weighted by Gasteiger charge is 2.42. The fraction of sp³-hybridized carbons (Fsp3) is 0.333. The molecule has 0 aliphatic carbocycles. The Labute approximate surface area is 77.8 Å². The van der Waals surface area contributed by atoms with Crippen LogP contribution >= 0.6 is 0 Å². The van der Waals surface area contributed by atoms with Gasteiger partial charge in [-0.25, -0.2) is 0 Å². The third-order valence-electron chi connectivity index (χ3n) is 2.26. The highest BCUT2D eigenvalue weighted by atomic mass is 15.5. The van der Waals surface area contributed by atoms with E-state index in [9.17, 15) is 0 Å².